The van der Waals surface area contributed by atoms with Crippen LogP contribution in [0.2, 0.25) is 5.15 Å². The molecule has 0 saturated heterocycles. The van der Waals surface area contributed by atoms with E-state index in [0.29, 0.717) is 11.0 Å². The van der Waals surface area contributed by atoms with E-state index in [4.69, 9.17) is 11.6 Å². The summed E-state index contributed by atoms with van der Waals surface area (Å²) < 4.78 is 1.65. The van der Waals surface area contributed by atoms with Gasteiger partial charge in [-0.25, -0.2) is 4.68 Å². The number of nitrogens with zero attached hydrogens (tertiary/aromatic N) is 4. The Morgan fingerprint density at radius 1 is 1.23 bits per heavy atom. The fourth-order valence-corrected chi connectivity index (χ4v) is 1.07. The first-order valence-electron chi connectivity index (χ1n) is 3.77. The van der Waals surface area contributed by atoms with Gasteiger partial charge in [-0.05, 0) is 25.1 Å². The van der Waals surface area contributed by atoms with Crippen molar-refractivity contribution in [3.63, 3.8) is 0 Å². The van der Waals surface area contributed by atoms with Crippen molar-refractivity contribution in [3.05, 3.63) is 35.2 Å². The highest BCUT2D eigenvalue weighted by atomic mass is 35.5. The Morgan fingerprint density at radius 2 is 2.08 bits per heavy atom. The standard InChI is InChI=1S/C8H7ClN4/c1-6-4-5-13(12-6)8-3-2-7(9)10-11-8/h2-5H,1H3. The van der Waals surface area contributed by atoms with Crippen LogP contribution in [-0.2, 0) is 0 Å². The highest BCUT2D eigenvalue weighted by molar-refractivity contribution is 6.29. The van der Waals surface area contributed by atoms with Gasteiger partial charge in [-0.1, -0.05) is 11.6 Å². The second-order valence-corrected chi connectivity index (χ2v) is 3.00. The van der Waals surface area contributed by atoms with Crippen LogP contribution in [0.4, 0.5) is 0 Å². The molecule has 5 heteroatoms. The Morgan fingerprint density at radius 3 is 2.62 bits per heavy atom. The molecule has 0 atom stereocenters. The third-order valence-electron chi connectivity index (χ3n) is 1.58. The van der Waals surface area contributed by atoms with Crippen molar-refractivity contribution >= 4 is 11.6 Å². The van der Waals surface area contributed by atoms with Gasteiger partial charge in [0.2, 0.25) is 0 Å². The van der Waals surface area contributed by atoms with Gasteiger partial charge < -0.3 is 0 Å². The summed E-state index contributed by atoms with van der Waals surface area (Å²) in [5.41, 5.74) is 0.941. The first-order valence-corrected chi connectivity index (χ1v) is 4.15. The molecule has 0 aliphatic carbocycles. The summed E-state index contributed by atoms with van der Waals surface area (Å²) >= 11 is 5.60. The van der Waals surface area contributed by atoms with Crippen molar-refractivity contribution in [1.82, 2.24) is 20.0 Å². The van der Waals surface area contributed by atoms with E-state index in [1.807, 2.05) is 19.2 Å². The molecule has 66 valence electrons. The summed E-state index contributed by atoms with van der Waals surface area (Å²) in [7, 11) is 0. The molecule has 0 radical (unpaired) electrons. The number of halogens is 1. The second-order valence-electron chi connectivity index (χ2n) is 2.62. The summed E-state index contributed by atoms with van der Waals surface area (Å²) in [5, 5.41) is 12.2. The molecule has 2 aromatic heterocycles. The van der Waals surface area contributed by atoms with Crippen LogP contribution < -0.4 is 0 Å². The van der Waals surface area contributed by atoms with Crippen molar-refractivity contribution < 1.29 is 0 Å². The molecule has 0 saturated carbocycles. The monoisotopic (exact) mass is 194 g/mol. The van der Waals surface area contributed by atoms with Crippen LogP contribution in [0.25, 0.3) is 5.82 Å². The molecule has 4 nitrogen and oxygen atoms in total. The molecule has 2 aromatic rings. The van der Waals surface area contributed by atoms with Crippen LogP contribution in [0, 0.1) is 6.92 Å². The largest absolute Gasteiger partial charge is 0.221 e. The molecule has 2 rings (SSSR count). The zero-order valence-corrected chi connectivity index (χ0v) is 7.73. The van der Waals surface area contributed by atoms with Crippen molar-refractivity contribution in [1.29, 1.82) is 0 Å². The van der Waals surface area contributed by atoms with Gasteiger partial charge in [-0.2, -0.15) is 5.10 Å². The van der Waals surface area contributed by atoms with Crippen LogP contribution in [0.15, 0.2) is 24.4 Å². The average Bonchev–Trinajstić information content (AvgIpc) is 2.53. The molecule has 0 N–H and O–H groups in total. The second kappa shape index (κ2) is 3.14. The zero-order valence-electron chi connectivity index (χ0n) is 6.98. The number of rotatable bonds is 1. The maximum Gasteiger partial charge on any atom is 0.175 e. The predicted molar refractivity (Wildman–Crippen MR) is 48.9 cm³/mol. The molecular weight excluding hydrogens is 188 g/mol. The maximum atomic E-state index is 5.60. The fraction of sp³-hybridized carbons (Fsp3) is 0.125. The normalized spacial score (nSPS) is 10.3. The lowest BCUT2D eigenvalue weighted by atomic mass is 10.5. The van der Waals surface area contributed by atoms with Gasteiger partial charge in [0.25, 0.3) is 0 Å². The molecule has 0 spiro atoms. The fourth-order valence-electron chi connectivity index (χ4n) is 0.974. The van der Waals surface area contributed by atoms with Crippen LogP contribution in [0.1, 0.15) is 5.69 Å². The molecule has 0 aliphatic heterocycles. The Kier molecular flexibility index (Phi) is 1.98. The van der Waals surface area contributed by atoms with Crippen molar-refractivity contribution in [2.24, 2.45) is 0 Å². The topological polar surface area (TPSA) is 43.6 Å². The van der Waals surface area contributed by atoms with E-state index in [0.717, 1.165) is 5.69 Å². The van der Waals surface area contributed by atoms with E-state index in [-0.39, 0.29) is 0 Å². The quantitative estimate of drug-likeness (QED) is 0.693. The Labute approximate surface area is 80.2 Å². The van der Waals surface area contributed by atoms with Crippen LogP contribution >= 0.6 is 11.6 Å². The summed E-state index contributed by atoms with van der Waals surface area (Å²) in [4.78, 5) is 0. The van der Waals surface area contributed by atoms with E-state index in [1.54, 1.807) is 16.8 Å². The van der Waals surface area contributed by atoms with Gasteiger partial charge in [0, 0.05) is 6.20 Å². The van der Waals surface area contributed by atoms with Gasteiger partial charge >= 0.3 is 0 Å². The lowest BCUT2D eigenvalue weighted by Crippen LogP contribution is -1.99. The first-order chi connectivity index (χ1) is 6.25. The predicted octanol–water partition coefficient (Wildman–Crippen LogP) is 1.62. The maximum absolute atomic E-state index is 5.60. The summed E-state index contributed by atoms with van der Waals surface area (Å²) in [5.74, 6) is 0.664. The highest BCUT2D eigenvalue weighted by Crippen LogP contribution is 2.06. The molecular formula is C8H7ClN4. The highest BCUT2D eigenvalue weighted by Gasteiger charge is 1.99. The molecule has 13 heavy (non-hydrogen) atoms. The summed E-state index contributed by atoms with van der Waals surface area (Å²) in [6, 6.07) is 5.35. The number of aryl methyl sites for hydroxylation is 1. The van der Waals surface area contributed by atoms with E-state index >= 15 is 0 Å². The van der Waals surface area contributed by atoms with Gasteiger partial charge in [0.15, 0.2) is 11.0 Å². The Balaban J connectivity index is 2.41. The van der Waals surface area contributed by atoms with E-state index in [9.17, 15) is 0 Å². The molecule has 0 bridgehead atoms. The summed E-state index contributed by atoms with van der Waals surface area (Å²) in [6.07, 6.45) is 1.83. The van der Waals surface area contributed by atoms with Gasteiger partial charge in [0.05, 0.1) is 5.69 Å². The van der Waals surface area contributed by atoms with E-state index < -0.39 is 0 Å². The Hall–Kier alpha value is -1.42. The van der Waals surface area contributed by atoms with Gasteiger partial charge in [-0.15, -0.1) is 10.2 Å². The van der Waals surface area contributed by atoms with Crippen LogP contribution in [0.5, 0.6) is 0 Å². The number of hydrogen-bond acceptors (Lipinski definition) is 3. The lowest BCUT2D eigenvalue weighted by Gasteiger charge is -1.97. The third kappa shape index (κ3) is 1.67. The SMILES string of the molecule is Cc1ccn(-c2ccc(Cl)nn2)n1. The minimum atomic E-state index is 0.382. The average molecular weight is 195 g/mol. The zero-order chi connectivity index (χ0) is 9.26. The molecule has 0 unspecified atom stereocenters. The van der Waals surface area contributed by atoms with Crippen molar-refractivity contribution in [2.75, 3.05) is 0 Å². The van der Waals surface area contributed by atoms with E-state index in [1.165, 1.54) is 0 Å². The molecule has 0 amide bonds. The first kappa shape index (κ1) is 8.19. The molecule has 2 heterocycles. The summed E-state index contributed by atoms with van der Waals surface area (Å²) in [6.45, 7) is 1.92. The van der Waals surface area contributed by atoms with Gasteiger partial charge in [0.1, 0.15) is 0 Å². The van der Waals surface area contributed by atoms with Crippen LogP contribution in [-0.4, -0.2) is 20.0 Å². The van der Waals surface area contributed by atoms with Gasteiger partial charge in [-0.3, -0.25) is 0 Å². The molecule has 0 aromatic carbocycles. The number of hydrogen-bond donors (Lipinski definition) is 0. The minimum absolute atomic E-state index is 0.382. The lowest BCUT2D eigenvalue weighted by molar-refractivity contribution is 0.804. The molecule has 0 fully saturated rings. The smallest absolute Gasteiger partial charge is 0.175 e. The third-order valence-corrected chi connectivity index (χ3v) is 1.78. The number of aromatic nitrogens is 4. The van der Waals surface area contributed by atoms with E-state index in [2.05, 4.69) is 15.3 Å². The van der Waals surface area contributed by atoms with Crippen molar-refractivity contribution in [2.45, 2.75) is 6.92 Å². The minimum Gasteiger partial charge on any atom is -0.221 e. The van der Waals surface area contributed by atoms with Crippen LogP contribution in [0.3, 0.4) is 0 Å². The molecule has 0 aliphatic rings. The van der Waals surface area contributed by atoms with Crippen molar-refractivity contribution in [3.8, 4) is 5.82 Å². The Bertz CT molecular complexity index is 406.